The van der Waals surface area contributed by atoms with Crippen LogP contribution in [0.25, 0.3) is 0 Å². The molecule has 1 aliphatic rings. The van der Waals surface area contributed by atoms with Gasteiger partial charge in [-0.15, -0.1) is 0 Å². The Hall–Kier alpha value is -2.46. The van der Waals surface area contributed by atoms with Crippen molar-refractivity contribution in [1.82, 2.24) is 14.3 Å². The average Bonchev–Trinajstić information content (AvgIpc) is 3.11. The van der Waals surface area contributed by atoms with Crippen LogP contribution in [0.5, 0.6) is 17.5 Å². The molecule has 0 unspecified atom stereocenters. The van der Waals surface area contributed by atoms with Gasteiger partial charge in [0, 0.05) is 6.54 Å². The van der Waals surface area contributed by atoms with Gasteiger partial charge in [-0.25, -0.2) is 12.8 Å². The molecule has 1 aliphatic heterocycles. The molecule has 1 fully saturated rings. The molecule has 1 atom stereocenters. The molecule has 0 radical (unpaired) electrons. The number of ether oxygens (including phenoxy) is 3. The van der Waals surface area contributed by atoms with Gasteiger partial charge >= 0.3 is 0 Å². The lowest BCUT2D eigenvalue weighted by atomic mass is 10.3. The van der Waals surface area contributed by atoms with E-state index in [9.17, 15) is 12.8 Å². The highest BCUT2D eigenvalue weighted by molar-refractivity contribution is 7.89. The summed E-state index contributed by atoms with van der Waals surface area (Å²) >= 11 is 0. The summed E-state index contributed by atoms with van der Waals surface area (Å²) in [4.78, 5) is 7.91. The number of halogens is 1. The Morgan fingerprint density at radius 2 is 1.96 bits per heavy atom. The molecule has 2 aromatic rings. The predicted molar refractivity (Wildman–Crippen MR) is 89.3 cm³/mol. The van der Waals surface area contributed by atoms with Crippen molar-refractivity contribution < 1.29 is 27.0 Å². The maximum atomic E-state index is 13.8. The summed E-state index contributed by atoms with van der Waals surface area (Å²) in [6, 6.07) is 3.56. The molecule has 0 bridgehead atoms. The Kier molecular flexibility index (Phi) is 5.23. The van der Waals surface area contributed by atoms with Crippen LogP contribution in [0, 0.1) is 5.82 Å². The topological polar surface area (TPSA) is 90.9 Å². The van der Waals surface area contributed by atoms with Crippen LogP contribution in [-0.4, -0.2) is 56.1 Å². The number of methoxy groups -OCH3 is 2. The van der Waals surface area contributed by atoms with Crippen LogP contribution in [0.3, 0.4) is 0 Å². The van der Waals surface area contributed by atoms with E-state index in [1.807, 2.05) is 0 Å². The second-order valence-corrected chi connectivity index (χ2v) is 7.53. The third-order valence-corrected chi connectivity index (χ3v) is 5.82. The van der Waals surface area contributed by atoms with E-state index >= 15 is 0 Å². The van der Waals surface area contributed by atoms with Gasteiger partial charge in [0.25, 0.3) is 0 Å². The first kappa shape index (κ1) is 18.3. The highest BCUT2D eigenvalue weighted by Crippen LogP contribution is 2.26. The third kappa shape index (κ3) is 3.70. The lowest BCUT2D eigenvalue weighted by Crippen LogP contribution is -2.31. The van der Waals surface area contributed by atoms with Gasteiger partial charge in [0.05, 0.1) is 38.1 Å². The average molecular weight is 383 g/mol. The maximum Gasteiger partial charge on any atom is 0.243 e. The maximum absolute atomic E-state index is 13.8. The molecule has 8 nitrogen and oxygen atoms in total. The first-order valence-electron chi connectivity index (χ1n) is 7.80. The van der Waals surface area contributed by atoms with Crippen LogP contribution >= 0.6 is 0 Å². The van der Waals surface area contributed by atoms with Crippen molar-refractivity contribution in [2.45, 2.75) is 17.4 Å². The van der Waals surface area contributed by atoms with Gasteiger partial charge in [-0.05, 0) is 24.6 Å². The molecular formula is C16H18FN3O5S. The Morgan fingerprint density at radius 1 is 1.19 bits per heavy atom. The molecule has 0 spiro atoms. The molecule has 3 rings (SSSR count). The fourth-order valence-corrected chi connectivity index (χ4v) is 4.12. The number of sulfonamides is 1. The Morgan fingerprint density at radius 3 is 2.65 bits per heavy atom. The molecule has 1 saturated heterocycles. The van der Waals surface area contributed by atoms with E-state index in [-0.39, 0.29) is 35.7 Å². The van der Waals surface area contributed by atoms with E-state index in [1.165, 1.54) is 43.1 Å². The van der Waals surface area contributed by atoms with E-state index in [4.69, 9.17) is 14.2 Å². The standard InChI is InChI=1S/C16H18FN3O5S/c1-23-14-4-3-12(7-13(14)17)26(21,22)20-6-5-11(10-20)25-16-9-18-8-15(19-16)24-2/h3-4,7-9,11H,5-6,10H2,1-2H3/t11-/m1/s1. The quantitative estimate of drug-likeness (QED) is 0.746. The lowest BCUT2D eigenvalue weighted by Gasteiger charge is -2.17. The summed E-state index contributed by atoms with van der Waals surface area (Å²) in [5.41, 5.74) is 0. The van der Waals surface area contributed by atoms with Gasteiger partial charge in [-0.1, -0.05) is 0 Å². The minimum atomic E-state index is -3.83. The summed E-state index contributed by atoms with van der Waals surface area (Å²) in [5.74, 6) is -0.182. The molecular weight excluding hydrogens is 365 g/mol. The van der Waals surface area contributed by atoms with Crippen molar-refractivity contribution >= 4 is 10.0 Å². The lowest BCUT2D eigenvalue weighted by molar-refractivity contribution is 0.203. The van der Waals surface area contributed by atoms with Gasteiger partial charge in [0.1, 0.15) is 6.10 Å². The molecule has 2 heterocycles. The summed E-state index contributed by atoms with van der Waals surface area (Å²) in [6.45, 7) is 0.396. The zero-order valence-electron chi connectivity index (χ0n) is 14.3. The summed E-state index contributed by atoms with van der Waals surface area (Å²) in [5, 5.41) is 0. The van der Waals surface area contributed by atoms with Gasteiger partial charge in [-0.3, -0.25) is 4.98 Å². The van der Waals surface area contributed by atoms with E-state index in [2.05, 4.69) is 9.97 Å². The molecule has 26 heavy (non-hydrogen) atoms. The summed E-state index contributed by atoms with van der Waals surface area (Å²) in [7, 11) is -1.05. The molecule has 0 N–H and O–H groups in total. The first-order valence-corrected chi connectivity index (χ1v) is 9.24. The number of benzene rings is 1. The Bertz CT molecular complexity index is 893. The second kappa shape index (κ2) is 7.42. The minimum absolute atomic E-state index is 0.0109. The third-order valence-electron chi connectivity index (χ3n) is 3.96. The van der Waals surface area contributed by atoms with Gasteiger partial charge in [0.2, 0.25) is 21.8 Å². The largest absolute Gasteiger partial charge is 0.494 e. The fourth-order valence-electron chi connectivity index (χ4n) is 2.63. The normalized spacial score (nSPS) is 17.9. The van der Waals surface area contributed by atoms with Crippen LogP contribution in [0.15, 0.2) is 35.5 Å². The van der Waals surface area contributed by atoms with Gasteiger partial charge < -0.3 is 14.2 Å². The molecule has 1 aromatic carbocycles. The van der Waals surface area contributed by atoms with Crippen LogP contribution < -0.4 is 14.2 Å². The first-order chi connectivity index (χ1) is 12.4. The molecule has 10 heteroatoms. The Balaban J connectivity index is 1.71. The van der Waals surface area contributed by atoms with E-state index in [0.717, 1.165) is 6.07 Å². The summed E-state index contributed by atoms with van der Waals surface area (Å²) in [6.07, 6.45) is 2.97. The molecule has 0 amide bonds. The van der Waals surface area contributed by atoms with Crippen molar-refractivity contribution in [1.29, 1.82) is 0 Å². The number of rotatable bonds is 6. The molecule has 140 valence electrons. The predicted octanol–water partition coefficient (Wildman–Crippen LogP) is 1.47. The van der Waals surface area contributed by atoms with Crippen molar-refractivity contribution in [2.75, 3.05) is 27.3 Å². The zero-order chi connectivity index (χ0) is 18.7. The van der Waals surface area contributed by atoms with E-state index in [0.29, 0.717) is 12.3 Å². The van der Waals surface area contributed by atoms with Gasteiger partial charge in [0.15, 0.2) is 11.6 Å². The highest BCUT2D eigenvalue weighted by Gasteiger charge is 2.34. The van der Waals surface area contributed by atoms with E-state index in [1.54, 1.807) is 0 Å². The summed E-state index contributed by atoms with van der Waals surface area (Å²) < 4.78 is 56.0. The van der Waals surface area contributed by atoms with Gasteiger partial charge in [-0.2, -0.15) is 9.29 Å². The monoisotopic (exact) mass is 383 g/mol. The molecule has 0 saturated carbocycles. The molecule has 1 aromatic heterocycles. The molecule has 0 aliphatic carbocycles. The minimum Gasteiger partial charge on any atom is -0.494 e. The zero-order valence-corrected chi connectivity index (χ0v) is 15.1. The SMILES string of the molecule is COc1cncc(O[C@@H]2CCN(S(=O)(=O)c3ccc(OC)c(F)c3)C2)n1. The van der Waals surface area contributed by atoms with Crippen molar-refractivity contribution in [3.8, 4) is 17.5 Å². The Labute approximate surface area is 150 Å². The van der Waals surface area contributed by atoms with Crippen LogP contribution in [-0.2, 0) is 10.0 Å². The number of hydrogen-bond donors (Lipinski definition) is 0. The number of aromatic nitrogens is 2. The van der Waals surface area contributed by atoms with Crippen LogP contribution in [0.2, 0.25) is 0 Å². The number of hydrogen-bond acceptors (Lipinski definition) is 7. The van der Waals surface area contributed by atoms with Crippen molar-refractivity contribution in [3.63, 3.8) is 0 Å². The van der Waals surface area contributed by atoms with Crippen LogP contribution in [0.1, 0.15) is 6.42 Å². The van der Waals surface area contributed by atoms with Crippen molar-refractivity contribution in [3.05, 3.63) is 36.4 Å². The highest BCUT2D eigenvalue weighted by atomic mass is 32.2. The van der Waals surface area contributed by atoms with Crippen LogP contribution in [0.4, 0.5) is 4.39 Å². The fraction of sp³-hybridized carbons (Fsp3) is 0.375. The number of nitrogens with zero attached hydrogens (tertiary/aromatic N) is 3. The van der Waals surface area contributed by atoms with Crippen molar-refractivity contribution in [2.24, 2.45) is 0 Å². The smallest absolute Gasteiger partial charge is 0.243 e. The van der Waals surface area contributed by atoms with E-state index < -0.39 is 15.8 Å². The second-order valence-electron chi connectivity index (χ2n) is 5.59.